The van der Waals surface area contributed by atoms with E-state index < -0.39 is 0 Å². The second-order valence-electron chi connectivity index (χ2n) is 3.50. The summed E-state index contributed by atoms with van der Waals surface area (Å²) in [6.07, 6.45) is 9.83. The molecule has 0 bridgehead atoms. The van der Waals surface area contributed by atoms with Crippen LogP contribution in [0.3, 0.4) is 0 Å². The van der Waals surface area contributed by atoms with Gasteiger partial charge in [0.15, 0.2) is 0 Å². The minimum absolute atomic E-state index is 0.434. The fourth-order valence-electron chi connectivity index (χ4n) is 0.442. The number of hydrogen-bond acceptors (Lipinski definition) is 2. The third-order valence-corrected chi connectivity index (χ3v) is 0.828. The van der Waals surface area contributed by atoms with Crippen LogP contribution in [-0.4, -0.2) is 6.54 Å². The molecule has 0 aliphatic rings. The van der Waals surface area contributed by atoms with Gasteiger partial charge in [-0.1, -0.05) is 27.4 Å². The Hall–Kier alpha value is -1.20. The van der Waals surface area contributed by atoms with E-state index in [1.165, 1.54) is 0 Å². The van der Waals surface area contributed by atoms with Gasteiger partial charge in [0.1, 0.15) is 5.76 Å². The first-order chi connectivity index (χ1) is 6.93. The SMILES string of the molecule is C#C.C=C(C)O/C(=C\C)CN.CC(C)C. The standard InChI is InChI=1S/C7H13NO.C4H10.C2H2/c1-4-7(5-8)9-6(2)3;1-4(2)3;1-2/h4H,2,5,8H2,1,3H3;4H,1-3H3;1-2H/b7-4-;;. The van der Waals surface area contributed by atoms with Crippen LogP contribution in [0.15, 0.2) is 24.2 Å². The Bertz CT molecular complexity index is 187. The van der Waals surface area contributed by atoms with Crippen molar-refractivity contribution in [3.63, 3.8) is 0 Å². The van der Waals surface area contributed by atoms with Crippen molar-refractivity contribution in [2.24, 2.45) is 11.7 Å². The first-order valence-electron chi connectivity index (χ1n) is 4.96. The van der Waals surface area contributed by atoms with Gasteiger partial charge in [0.05, 0.1) is 12.3 Å². The molecule has 0 aliphatic heterocycles. The summed E-state index contributed by atoms with van der Waals surface area (Å²) in [5.41, 5.74) is 5.30. The number of rotatable bonds is 3. The van der Waals surface area contributed by atoms with Crippen molar-refractivity contribution >= 4 is 0 Å². The Morgan fingerprint density at radius 3 is 1.80 bits per heavy atom. The molecule has 0 amide bonds. The van der Waals surface area contributed by atoms with E-state index in [1.807, 2.05) is 13.0 Å². The highest BCUT2D eigenvalue weighted by molar-refractivity contribution is 4.96. The zero-order valence-electron chi connectivity index (χ0n) is 10.7. The average Bonchev–Trinajstić information content (AvgIpc) is 2.16. The quantitative estimate of drug-likeness (QED) is 0.574. The summed E-state index contributed by atoms with van der Waals surface area (Å²) in [4.78, 5) is 0. The molecule has 2 heteroatoms. The molecule has 0 radical (unpaired) electrons. The van der Waals surface area contributed by atoms with E-state index in [0.29, 0.717) is 12.3 Å². The van der Waals surface area contributed by atoms with E-state index in [0.717, 1.165) is 11.7 Å². The fraction of sp³-hybridized carbons (Fsp3) is 0.538. The number of hydrogen-bond donors (Lipinski definition) is 1. The largest absolute Gasteiger partial charge is 0.466 e. The summed E-state index contributed by atoms with van der Waals surface area (Å²) >= 11 is 0. The van der Waals surface area contributed by atoms with Gasteiger partial charge in [0.25, 0.3) is 0 Å². The maximum Gasteiger partial charge on any atom is 0.113 e. The molecular weight excluding hydrogens is 186 g/mol. The van der Waals surface area contributed by atoms with Crippen molar-refractivity contribution in [3.05, 3.63) is 24.2 Å². The smallest absolute Gasteiger partial charge is 0.113 e. The first kappa shape index (κ1) is 19.4. The van der Waals surface area contributed by atoms with Crippen LogP contribution in [0.25, 0.3) is 0 Å². The van der Waals surface area contributed by atoms with Gasteiger partial charge in [-0.15, -0.1) is 12.8 Å². The molecule has 0 spiro atoms. The van der Waals surface area contributed by atoms with Gasteiger partial charge in [-0.2, -0.15) is 0 Å². The van der Waals surface area contributed by atoms with Gasteiger partial charge in [-0.25, -0.2) is 0 Å². The first-order valence-corrected chi connectivity index (χ1v) is 4.96. The molecule has 88 valence electrons. The number of terminal acetylenes is 1. The van der Waals surface area contributed by atoms with Gasteiger partial charge in [0, 0.05) is 0 Å². The zero-order chi connectivity index (χ0) is 12.9. The van der Waals surface area contributed by atoms with Crippen LogP contribution in [0, 0.1) is 18.8 Å². The second kappa shape index (κ2) is 15.3. The second-order valence-corrected chi connectivity index (χ2v) is 3.50. The molecule has 0 heterocycles. The van der Waals surface area contributed by atoms with Crippen LogP contribution in [0.5, 0.6) is 0 Å². The highest BCUT2D eigenvalue weighted by Crippen LogP contribution is 2.00. The van der Waals surface area contributed by atoms with Crippen LogP contribution >= 0.6 is 0 Å². The average molecular weight is 211 g/mol. The molecule has 0 aliphatic carbocycles. The van der Waals surface area contributed by atoms with E-state index in [1.54, 1.807) is 6.92 Å². The Morgan fingerprint density at radius 1 is 1.40 bits per heavy atom. The van der Waals surface area contributed by atoms with Crippen molar-refractivity contribution in [2.45, 2.75) is 34.6 Å². The number of nitrogens with two attached hydrogens (primary N) is 1. The molecule has 0 saturated heterocycles. The lowest BCUT2D eigenvalue weighted by atomic mass is 10.3. The lowest BCUT2D eigenvalue weighted by Crippen LogP contribution is -2.04. The molecule has 0 aromatic rings. The molecule has 15 heavy (non-hydrogen) atoms. The minimum atomic E-state index is 0.434. The normalized spacial score (nSPS) is 9.27. The summed E-state index contributed by atoms with van der Waals surface area (Å²) < 4.78 is 5.09. The van der Waals surface area contributed by atoms with E-state index in [-0.39, 0.29) is 0 Å². The van der Waals surface area contributed by atoms with Crippen LogP contribution in [0.4, 0.5) is 0 Å². The van der Waals surface area contributed by atoms with Crippen LogP contribution in [0.1, 0.15) is 34.6 Å². The van der Waals surface area contributed by atoms with Gasteiger partial charge in [-0.3, -0.25) is 0 Å². The zero-order valence-corrected chi connectivity index (χ0v) is 10.7. The van der Waals surface area contributed by atoms with Crippen molar-refractivity contribution in [3.8, 4) is 12.8 Å². The van der Waals surface area contributed by atoms with E-state index in [9.17, 15) is 0 Å². The summed E-state index contributed by atoms with van der Waals surface area (Å²) in [7, 11) is 0. The third kappa shape index (κ3) is 32.3. The number of ether oxygens (including phenoxy) is 1. The highest BCUT2D eigenvalue weighted by Gasteiger charge is 1.90. The Balaban J connectivity index is -0.000000202. The van der Waals surface area contributed by atoms with Crippen molar-refractivity contribution < 1.29 is 4.74 Å². The van der Waals surface area contributed by atoms with Gasteiger partial charge < -0.3 is 10.5 Å². The summed E-state index contributed by atoms with van der Waals surface area (Å²) in [6.45, 7) is 14.2. The molecule has 2 N–H and O–H groups in total. The molecular formula is C13H25NO. The number of allylic oxidation sites excluding steroid dienone is 2. The van der Waals surface area contributed by atoms with Crippen molar-refractivity contribution in [1.29, 1.82) is 0 Å². The molecule has 2 nitrogen and oxygen atoms in total. The highest BCUT2D eigenvalue weighted by atomic mass is 16.5. The molecule has 0 fully saturated rings. The molecule has 0 saturated carbocycles. The van der Waals surface area contributed by atoms with E-state index in [2.05, 4.69) is 40.2 Å². The Labute approximate surface area is 95.2 Å². The lowest BCUT2D eigenvalue weighted by molar-refractivity contribution is 0.303. The summed E-state index contributed by atoms with van der Waals surface area (Å²) in [6, 6.07) is 0. The predicted molar refractivity (Wildman–Crippen MR) is 69.1 cm³/mol. The third-order valence-electron chi connectivity index (χ3n) is 0.828. The lowest BCUT2D eigenvalue weighted by Gasteiger charge is -2.04. The summed E-state index contributed by atoms with van der Waals surface area (Å²) in [5, 5.41) is 0. The molecule has 0 unspecified atom stereocenters. The maximum atomic E-state index is 5.30. The monoisotopic (exact) mass is 211 g/mol. The van der Waals surface area contributed by atoms with Crippen molar-refractivity contribution in [1.82, 2.24) is 0 Å². The molecule has 0 atom stereocenters. The Kier molecular flexibility index (Phi) is 19.7. The van der Waals surface area contributed by atoms with Crippen LogP contribution in [0.2, 0.25) is 0 Å². The van der Waals surface area contributed by atoms with E-state index in [4.69, 9.17) is 10.5 Å². The minimum Gasteiger partial charge on any atom is -0.466 e. The van der Waals surface area contributed by atoms with Crippen LogP contribution in [-0.2, 0) is 4.74 Å². The van der Waals surface area contributed by atoms with Gasteiger partial charge in [-0.05, 0) is 25.8 Å². The predicted octanol–water partition coefficient (Wildman–Crippen LogP) is 3.31. The van der Waals surface area contributed by atoms with Crippen LogP contribution < -0.4 is 5.73 Å². The molecule has 0 aromatic carbocycles. The molecule has 0 aromatic heterocycles. The van der Waals surface area contributed by atoms with Gasteiger partial charge >= 0.3 is 0 Å². The Morgan fingerprint density at radius 2 is 1.73 bits per heavy atom. The summed E-state index contributed by atoms with van der Waals surface area (Å²) in [5.74, 6) is 2.27. The van der Waals surface area contributed by atoms with Gasteiger partial charge in [0.2, 0.25) is 0 Å². The topological polar surface area (TPSA) is 35.2 Å². The maximum absolute atomic E-state index is 5.30. The fourth-order valence-corrected chi connectivity index (χ4v) is 0.442. The molecule has 0 rings (SSSR count). The van der Waals surface area contributed by atoms with Crippen molar-refractivity contribution in [2.75, 3.05) is 6.54 Å². The van der Waals surface area contributed by atoms with E-state index >= 15 is 0 Å².